The molecule has 2 atom stereocenters. The molecule has 4 heteroatoms. The van der Waals surface area contributed by atoms with Crippen LogP contribution in [0.25, 0.3) is 0 Å². The minimum Gasteiger partial charge on any atom is -0.347 e. The van der Waals surface area contributed by atoms with E-state index < -0.39 is 5.54 Å². The molecular weight excluding hydrogens is 262 g/mol. The summed E-state index contributed by atoms with van der Waals surface area (Å²) in [5.74, 6) is 0.143. The maximum atomic E-state index is 12.8. The van der Waals surface area contributed by atoms with Gasteiger partial charge in [0.05, 0.1) is 11.1 Å². The molecule has 0 radical (unpaired) electrons. The summed E-state index contributed by atoms with van der Waals surface area (Å²) in [6.45, 7) is 20.9. The van der Waals surface area contributed by atoms with Crippen molar-refractivity contribution in [2.24, 2.45) is 0 Å². The summed E-state index contributed by atoms with van der Waals surface area (Å²) in [5, 5.41) is 6.79. The number of carbonyl (C=O) groups excluding carboxylic acids is 1. The summed E-state index contributed by atoms with van der Waals surface area (Å²) < 4.78 is 0. The fourth-order valence-corrected chi connectivity index (χ4v) is 2.98. The molecule has 0 aromatic carbocycles. The summed E-state index contributed by atoms with van der Waals surface area (Å²) in [6.07, 6.45) is 0.818. The molecule has 2 N–H and O–H groups in total. The highest BCUT2D eigenvalue weighted by Gasteiger charge is 2.51. The number of hydrogen-bond donors (Lipinski definition) is 2. The quantitative estimate of drug-likeness (QED) is 0.841. The summed E-state index contributed by atoms with van der Waals surface area (Å²) in [4.78, 5) is 15.1. The predicted octanol–water partition coefficient (Wildman–Crippen LogP) is 2.53. The Hall–Kier alpha value is -0.610. The molecule has 21 heavy (non-hydrogen) atoms. The monoisotopic (exact) mass is 297 g/mol. The van der Waals surface area contributed by atoms with Gasteiger partial charge >= 0.3 is 0 Å². The predicted molar refractivity (Wildman–Crippen MR) is 89.5 cm³/mol. The molecule has 0 bridgehead atoms. The van der Waals surface area contributed by atoms with Gasteiger partial charge in [-0.1, -0.05) is 6.92 Å². The van der Waals surface area contributed by atoms with Crippen LogP contribution >= 0.6 is 0 Å². The lowest BCUT2D eigenvalue weighted by Gasteiger charge is -2.56. The highest BCUT2D eigenvalue weighted by molar-refractivity contribution is 5.87. The van der Waals surface area contributed by atoms with Crippen LogP contribution in [0.3, 0.4) is 0 Å². The SMILES string of the molecule is CCC1(C)C(=O)NC(C)(CNC(C)(C)C)CN1C(C)(C)C. The highest BCUT2D eigenvalue weighted by Crippen LogP contribution is 2.34. The van der Waals surface area contributed by atoms with Gasteiger partial charge in [0.25, 0.3) is 0 Å². The molecule has 1 saturated heterocycles. The first-order valence-electron chi connectivity index (χ1n) is 8.09. The van der Waals surface area contributed by atoms with E-state index in [-0.39, 0.29) is 22.5 Å². The first-order chi connectivity index (χ1) is 9.23. The summed E-state index contributed by atoms with van der Waals surface area (Å²) >= 11 is 0. The molecule has 0 saturated carbocycles. The first-order valence-corrected chi connectivity index (χ1v) is 8.09. The summed E-state index contributed by atoms with van der Waals surface area (Å²) in [7, 11) is 0. The van der Waals surface area contributed by atoms with Crippen molar-refractivity contribution < 1.29 is 4.79 Å². The van der Waals surface area contributed by atoms with E-state index in [0.29, 0.717) is 0 Å². The number of hydrogen-bond acceptors (Lipinski definition) is 3. The van der Waals surface area contributed by atoms with E-state index in [1.54, 1.807) is 0 Å². The van der Waals surface area contributed by atoms with E-state index in [9.17, 15) is 4.79 Å². The summed E-state index contributed by atoms with van der Waals surface area (Å²) in [5.41, 5.74) is -0.664. The smallest absolute Gasteiger partial charge is 0.240 e. The van der Waals surface area contributed by atoms with Gasteiger partial charge in [-0.2, -0.15) is 0 Å². The van der Waals surface area contributed by atoms with E-state index in [1.807, 2.05) is 0 Å². The third kappa shape index (κ3) is 4.19. The average molecular weight is 297 g/mol. The van der Waals surface area contributed by atoms with Gasteiger partial charge in [0, 0.05) is 24.2 Å². The van der Waals surface area contributed by atoms with Crippen molar-refractivity contribution in [3.05, 3.63) is 0 Å². The van der Waals surface area contributed by atoms with Crippen molar-refractivity contribution >= 4 is 5.91 Å². The van der Waals surface area contributed by atoms with Crippen molar-refractivity contribution in [3.63, 3.8) is 0 Å². The van der Waals surface area contributed by atoms with Gasteiger partial charge < -0.3 is 10.6 Å². The molecular formula is C17H35N3O. The zero-order chi connectivity index (χ0) is 16.7. The van der Waals surface area contributed by atoms with Crippen LogP contribution in [0, 0.1) is 0 Å². The lowest BCUT2D eigenvalue weighted by Crippen LogP contribution is -2.76. The van der Waals surface area contributed by atoms with Crippen molar-refractivity contribution in [2.75, 3.05) is 13.1 Å². The van der Waals surface area contributed by atoms with Crippen molar-refractivity contribution in [1.29, 1.82) is 0 Å². The molecule has 1 fully saturated rings. The highest BCUT2D eigenvalue weighted by atomic mass is 16.2. The van der Waals surface area contributed by atoms with E-state index in [0.717, 1.165) is 19.5 Å². The lowest BCUT2D eigenvalue weighted by atomic mass is 9.82. The van der Waals surface area contributed by atoms with Gasteiger partial charge in [-0.05, 0) is 61.8 Å². The normalized spacial score (nSPS) is 32.1. The maximum absolute atomic E-state index is 12.8. The summed E-state index contributed by atoms with van der Waals surface area (Å²) in [6, 6.07) is 0. The molecule has 1 aliphatic heterocycles. The average Bonchev–Trinajstić information content (AvgIpc) is 2.29. The Balaban J connectivity index is 3.03. The minimum atomic E-state index is -0.431. The fourth-order valence-electron chi connectivity index (χ4n) is 2.98. The van der Waals surface area contributed by atoms with Crippen LogP contribution in [-0.4, -0.2) is 46.1 Å². The van der Waals surface area contributed by atoms with Crippen LogP contribution in [0.1, 0.15) is 68.7 Å². The first kappa shape index (κ1) is 18.4. The number of nitrogens with one attached hydrogen (secondary N) is 2. The number of carbonyl (C=O) groups is 1. The number of rotatable bonds is 3. The molecule has 0 aromatic heterocycles. The van der Waals surface area contributed by atoms with E-state index >= 15 is 0 Å². The largest absolute Gasteiger partial charge is 0.347 e. The minimum absolute atomic E-state index is 0.0362. The van der Waals surface area contributed by atoms with Gasteiger partial charge in [0.15, 0.2) is 0 Å². The molecule has 0 spiro atoms. The Labute approximate surface area is 131 Å². The van der Waals surface area contributed by atoms with Crippen LogP contribution in [-0.2, 0) is 4.79 Å². The molecule has 1 rings (SSSR count). The lowest BCUT2D eigenvalue weighted by molar-refractivity contribution is -0.148. The second kappa shape index (κ2) is 5.54. The fraction of sp³-hybridized carbons (Fsp3) is 0.941. The van der Waals surface area contributed by atoms with Crippen molar-refractivity contribution in [2.45, 2.75) is 90.9 Å². The Morgan fingerprint density at radius 3 is 2.10 bits per heavy atom. The molecule has 4 nitrogen and oxygen atoms in total. The number of nitrogens with zero attached hydrogens (tertiary/aromatic N) is 1. The zero-order valence-corrected chi connectivity index (χ0v) is 15.5. The van der Waals surface area contributed by atoms with Crippen molar-refractivity contribution in [3.8, 4) is 0 Å². The van der Waals surface area contributed by atoms with Gasteiger partial charge in [-0.15, -0.1) is 0 Å². The van der Waals surface area contributed by atoms with Crippen LogP contribution < -0.4 is 10.6 Å². The molecule has 1 aliphatic rings. The van der Waals surface area contributed by atoms with Gasteiger partial charge in [-0.3, -0.25) is 9.69 Å². The standard InChI is InChI=1S/C17H35N3O/c1-10-17(9)13(21)19-16(8,11-18-14(2,3)4)12-20(17)15(5,6)7/h18H,10-12H2,1-9H3,(H,19,21). The zero-order valence-electron chi connectivity index (χ0n) is 15.5. The number of piperazine rings is 1. The third-order valence-corrected chi connectivity index (χ3v) is 4.51. The second-order valence-electron chi connectivity index (χ2n) is 9.00. The van der Waals surface area contributed by atoms with E-state index in [2.05, 4.69) is 77.8 Å². The Morgan fingerprint density at radius 2 is 1.71 bits per heavy atom. The van der Waals surface area contributed by atoms with Crippen LogP contribution in [0.2, 0.25) is 0 Å². The van der Waals surface area contributed by atoms with E-state index in [1.165, 1.54) is 0 Å². The van der Waals surface area contributed by atoms with Crippen molar-refractivity contribution in [1.82, 2.24) is 15.5 Å². The molecule has 2 unspecified atom stereocenters. The Morgan fingerprint density at radius 1 is 1.19 bits per heavy atom. The second-order valence-corrected chi connectivity index (χ2v) is 9.00. The van der Waals surface area contributed by atoms with Crippen LogP contribution in [0.4, 0.5) is 0 Å². The Bertz CT molecular complexity index is 394. The van der Waals surface area contributed by atoms with Gasteiger partial charge in [0.1, 0.15) is 0 Å². The molecule has 1 amide bonds. The van der Waals surface area contributed by atoms with Gasteiger partial charge in [0.2, 0.25) is 5.91 Å². The van der Waals surface area contributed by atoms with E-state index in [4.69, 9.17) is 0 Å². The molecule has 0 aromatic rings. The molecule has 124 valence electrons. The maximum Gasteiger partial charge on any atom is 0.240 e. The van der Waals surface area contributed by atoms with Crippen LogP contribution in [0.15, 0.2) is 0 Å². The van der Waals surface area contributed by atoms with Crippen LogP contribution in [0.5, 0.6) is 0 Å². The third-order valence-electron chi connectivity index (χ3n) is 4.51. The molecule has 1 heterocycles. The topological polar surface area (TPSA) is 44.4 Å². The Kier molecular flexibility index (Phi) is 4.87. The molecule has 0 aliphatic carbocycles. The van der Waals surface area contributed by atoms with Gasteiger partial charge in [-0.25, -0.2) is 0 Å². The number of amides is 1.